The predicted molar refractivity (Wildman–Crippen MR) is 97.4 cm³/mol. The molecular formula is C20H25NO4. The summed E-state index contributed by atoms with van der Waals surface area (Å²) in [6.07, 6.45) is 0.288. The smallest absolute Gasteiger partial charge is 0.260 e. The highest BCUT2D eigenvalue weighted by Crippen LogP contribution is 2.25. The maximum atomic E-state index is 12.2. The first-order valence-electron chi connectivity index (χ1n) is 8.43. The second kappa shape index (κ2) is 9.57. The average Bonchev–Trinajstić information content (AvgIpc) is 2.65. The van der Waals surface area contributed by atoms with Crippen molar-refractivity contribution in [1.82, 2.24) is 5.32 Å². The van der Waals surface area contributed by atoms with Crippen LogP contribution in [0.5, 0.6) is 17.2 Å². The normalized spacial score (nSPS) is 11.5. The number of hydrogen-bond acceptors (Lipinski definition) is 4. The van der Waals surface area contributed by atoms with E-state index in [0.717, 1.165) is 17.7 Å². The van der Waals surface area contributed by atoms with E-state index in [9.17, 15) is 4.79 Å². The Labute approximate surface area is 148 Å². The molecular weight excluding hydrogens is 318 g/mol. The van der Waals surface area contributed by atoms with Crippen molar-refractivity contribution in [3.8, 4) is 17.2 Å². The summed E-state index contributed by atoms with van der Waals surface area (Å²) in [6.45, 7) is 4.54. The second-order valence-electron chi connectivity index (χ2n) is 5.51. The van der Waals surface area contributed by atoms with Crippen LogP contribution in [0.4, 0.5) is 0 Å². The van der Waals surface area contributed by atoms with Crippen LogP contribution in [0.3, 0.4) is 0 Å². The third kappa shape index (κ3) is 5.41. The Morgan fingerprint density at radius 2 is 1.68 bits per heavy atom. The number of ether oxygens (including phenoxy) is 3. The number of rotatable bonds is 9. The van der Waals surface area contributed by atoms with E-state index in [0.29, 0.717) is 24.7 Å². The summed E-state index contributed by atoms with van der Waals surface area (Å²) in [5.41, 5.74) is 1.08. The van der Waals surface area contributed by atoms with Crippen LogP contribution < -0.4 is 19.5 Å². The topological polar surface area (TPSA) is 56.8 Å². The molecule has 0 saturated heterocycles. The molecule has 0 saturated carbocycles. The molecule has 1 amide bonds. The Morgan fingerprint density at radius 3 is 2.36 bits per heavy atom. The van der Waals surface area contributed by atoms with Crippen LogP contribution in [0.2, 0.25) is 0 Å². The maximum absolute atomic E-state index is 12.2. The van der Waals surface area contributed by atoms with Crippen molar-refractivity contribution in [2.45, 2.75) is 26.4 Å². The second-order valence-corrected chi connectivity index (χ2v) is 5.51. The summed E-state index contributed by atoms with van der Waals surface area (Å²) in [6, 6.07) is 15.2. The highest BCUT2D eigenvalue weighted by atomic mass is 16.5. The molecule has 0 radical (unpaired) electrons. The summed E-state index contributed by atoms with van der Waals surface area (Å²) in [7, 11) is 1.59. The molecule has 0 spiro atoms. The van der Waals surface area contributed by atoms with E-state index in [-0.39, 0.29) is 5.91 Å². The SMILES string of the molecule is CCc1ccccc1O[C@H](C)C(=O)NCCOc1ccccc1OC. The molecule has 5 heteroatoms. The van der Waals surface area contributed by atoms with Crippen LogP contribution in [-0.4, -0.2) is 32.3 Å². The first-order valence-corrected chi connectivity index (χ1v) is 8.43. The molecule has 0 heterocycles. The maximum Gasteiger partial charge on any atom is 0.260 e. The fourth-order valence-electron chi connectivity index (χ4n) is 2.37. The van der Waals surface area contributed by atoms with Crippen LogP contribution in [0.15, 0.2) is 48.5 Å². The highest BCUT2D eigenvalue weighted by molar-refractivity contribution is 5.80. The van der Waals surface area contributed by atoms with Crippen molar-refractivity contribution < 1.29 is 19.0 Å². The van der Waals surface area contributed by atoms with E-state index in [1.807, 2.05) is 48.5 Å². The number of amides is 1. The Hall–Kier alpha value is -2.69. The molecule has 0 aromatic heterocycles. The van der Waals surface area contributed by atoms with Gasteiger partial charge in [0.1, 0.15) is 12.4 Å². The Morgan fingerprint density at radius 1 is 1.04 bits per heavy atom. The first kappa shape index (κ1) is 18.6. The van der Waals surface area contributed by atoms with E-state index in [1.54, 1.807) is 14.0 Å². The van der Waals surface area contributed by atoms with Gasteiger partial charge in [-0.1, -0.05) is 37.3 Å². The lowest BCUT2D eigenvalue weighted by Crippen LogP contribution is -2.38. The van der Waals surface area contributed by atoms with E-state index in [1.165, 1.54) is 0 Å². The monoisotopic (exact) mass is 343 g/mol. The lowest BCUT2D eigenvalue weighted by Gasteiger charge is -2.17. The minimum absolute atomic E-state index is 0.172. The zero-order valence-electron chi connectivity index (χ0n) is 15.0. The van der Waals surface area contributed by atoms with E-state index < -0.39 is 6.10 Å². The van der Waals surface area contributed by atoms with Crippen molar-refractivity contribution >= 4 is 5.91 Å². The number of para-hydroxylation sites is 3. The highest BCUT2D eigenvalue weighted by Gasteiger charge is 2.15. The number of benzene rings is 2. The van der Waals surface area contributed by atoms with Gasteiger partial charge in [-0.05, 0) is 37.1 Å². The Bertz CT molecular complexity index is 687. The molecule has 0 aliphatic heterocycles. The molecule has 0 unspecified atom stereocenters. The van der Waals surface area contributed by atoms with Gasteiger partial charge in [-0.25, -0.2) is 0 Å². The quantitative estimate of drug-likeness (QED) is 0.710. The molecule has 2 aromatic carbocycles. The molecule has 2 aromatic rings. The summed E-state index contributed by atoms with van der Waals surface area (Å²) < 4.78 is 16.6. The van der Waals surface area contributed by atoms with Gasteiger partial charge in [0.2, 0.25) is 0 Å². The van der Waals surface area contributed by atoms with Crippen molar-refractivity contribution in [2.75, 3.05) is 20.3 Å². The molecule has 0 fully saturated rings. The number of carbonyl (C=O) groups excluding carboxylic acids is 1. The van der Waals surface area contributed by atoms with Crippen LogP contribution >= 0.6 is 0 Å². The van der Waals surface area contributed by atoms with Gasteiger partial charge in [0, 0.05) is 0 Å². The van der Waals surface area contributed by atoms with Gasteiger partial charge >= 0.3 is 0 Å². The van der Waals surface area contributed by atoms with Gasteiger partial charge in [0.25, 0.3) is 5.91 Å². The molecule has 134 valence electrons. The summed E-state index contributed by atoms with van der Waals surface area (Å²) >= 11 is 0. The average molecular weight is 343 g/mol. The molecule has 2 rings (SSSR count). The largest absolute Gasteiger partial charge is 0.493 e. The van der Waals surface area contributed by atoms with Crippen LogP contribution in [0, 0.1) is 0 Å². The van der Waals surface area contributed by atoms with Gasteiger partial charge in [-0.15, -0.1) is 0 Å². The molecule has 25 heavy (non-hydrogen) atoms. The number of hydrogen-bond donors (Lipinski definition) is 1. The number of aryl methyl sites for hydroxylation is 1. The summed E-state index contributed by atoms with van der Waals surface area (Å²) in [5, 5.41) is 2.82. The van der Waals surface area contributed by atoms with Crippen molar-refractivity contribution in [3.05, 3.63) is 54.1 Å². The summed E-state index contributed by atoms with van der Waals surface area (Å²) in [4.78, 5) is 12.2. The third-order valence-corrected chi connectivity index (χ3v) is 3.75. The van der Waals surface area contributed by atoms with Crippen molar-refractivity contribution in [1.29, 1.82) is 0 Å². The fraction of sp³-hybridized carbons (Fsp3) is 0.350. The molecule has 0 aliphatic carbocycles. The van der Waals surface area contributed by atoms with Crippen molar-refractivity contribution in [2.24, 2.45) is 0 Å². The first-order chi connectivity index (χ1) is 12.2. The molecule has 1 N–H and O–H groups in total. The van der Waals surface area contributed by atoms with Gasteiger partial charge in [0.15, 0.2) is 17.6 Å². The summed E-state index contributed by atoms with van der Waals surface area (Å²) in [5.74, 6) is 1.90. The lowest BCUT2D eigenvalue weighted by atomic mass is 10.1. The van der Waals surface area contributed by atoms with Crippen LogP contribution in [-0.2, 0) is 11.2 Å². The van der Waals surface area contributed by atoms with Gasteiger partial charge in [-0.3, -0.25) is 4.79 Å². The molecule has 0 bridgehead atoms. The molecule has 1 atom stereocenters. The minimum atomic E-state index is -0.570. The third-order valence-electron chi connectivity index (χ3n) is 3.75. The van der Waals surface area contributed by atoms with Crippen LogP contribution in [0.25, 0.3) is 0 Å². The zero-order chi connectivity index (χ0) is 18.1. The van der Waals surface area contributed by atoms with Crippen LogP contribution in [0.1, 0.15) is 19.4 Å². The Kier molecular flexibility index (Phi) is 7.14. The lowest BCUT2D eigenvalue weighted by molar-refractivity contribution is -0.127. The number of methoxy groups -OCH3 is 1. The fourth-order valence-corrected chi connectivity index (χ4v) is 2.37. The minimum Gasteiger partial charge on any atom is -0.493 e. The van der Waals surface area contributed by atoms with Gasteiger partial charge in [0.05, 0.1) is 13.7 Å². The Balaban J connectivity index is 1.78. The standard InChI is InChI=1S/C20H25NO4/c1-4-16-9-5-6-10-17(16)25-15(2)20(22)21-13-14-24-19-12-8-7-11-18(19)23-3/h5-12,15H,4,13-14H2,1-3H3,(H,21,22)/t15-/m1/s1. The van der Waals surface area contributed by atoms with E-state index >= 15 is 0 Å². The molecule has 5 nitrogen and oxygen atoms in total. The number of nitrogens with one attached hydrogen (secondary N) is 1. The molecule has 0 aliphatic rings. The zero-order valence-corrected chi connectivity index (χ0v) is 15.0. The van der Waals surface area contributed by atoms with Gasteiger partial charge < -0.3 is 19.5 Å². The van der Waals surface area contributed by atoms with Gasteiger partial charge in [-0.2, -0.15) is 0 Å². The predicted octanol–water partition coefficient (Wildman–Crippen LogP) is 3.22. The van der Waals surface area contributed by atoms with E-state index in [2.05, 4.69) is 12.2 Å². The van der Waals surface area contributed by atoms with Crippen molar-refractivity contribution in [3.63, 3.8) is 0 Å². The number of carbonyl (C=O) groups is 1. The van der Waals surface area contributed by atoms with E-state index in [4.69, 9.17) is 14.2 Å².